The molecule has 0 aromatic heterocycles. The molecule has 152 valence electrons. The van der Waals surface area contributed by atoms with Crippen LogP contribution in [-0.4, -0.2) is 43.0 Å². The van der Waals surface area contributed by atoms with E-state index in [1.165, 1.54) is 12.1 Å². The topological polar surface area (TPSA) is 113 Å². The fourth-order valence-electron chi connectivity index (χ4n) is 2.90. The van der Waals surface area contributed by atoms with E-state index in [0.717, 1.165) is 4.90 Å². The molecule has 0 atom stereocenters. The van der Waals surface area contributed by atoms with Crippen molar-refractivity contribution in [3.05, 3.63) is 59.7 Å². The van der Waals surface area contributed by atoms with Crippen molar-refractivity contribution in [1.29, 1.82) is 0 Å². The first-order valence-corrected chi connectivity index (χ1v) is 10.6. The van der Waals surface area contributed by atoms with Crippen molar-refractivity contribution < 1.29 is 22.8 Å². The SMILES string of the molecule is CC(C)S(=O)(=O)c1ccccc1C(=O)Nc1cccc(CN2C(=O)CNC2=O)c1. The Morgan fingerprint density at radius 3 is 2.52 bits per heavy atom. The lowest BCUT2D eigenvalue weighted by Crippen LogP contribution is -2.30. The Balaban J connectivity index is 1.82. The van der Waals surface area contributed by atoms with Gasteiger partial charge in [-0.2, -0.15) is 0 Å². The standard InChI is InChI=1S/C20H21N3O5S/c1-13(2)29(27,28)17-9-4-3-8-16(17)19(25)22-15-7-5-6-14(10-15)12-23-18(24)11-21-20(23)26/h3-10,13H,11-12H2,1-2H3,(H,21,26)(H,22,25). The molecule has 0 bridgehead atoms. The Kier molecular flexibility index (Phi) is 5.69. The molecule has 9 heteroatoms. The highest BCUT2D eigenvalue weighted by atomic mass is 32.2. The largest absolute Gasteiger partial charge is 0.329 e. The molecule has 2 aromatic carbocycles. The Morgan fingerprint density at radius 1 is 1.14 bits per heavy atom. The summed E-state index contributed by atoms with van der Waals surface area (Å²) < 4.78 is 25.1. The summed E-state index contributed by atoms with van der Waals surface area (Å²) in [4.78, 5) is 37.3. The molecule has 0 unspecified atom stereocenters. The smallest absolute Gasteiger partial charge is 0.324 e. The molecule has 0 radical (unpaired) electrons. The van der Waals surface area contributed by atoms with Crippen LogP contribution in [0.2, 0.25) is 0 Å². The van der Waals surface area contributed by atoms with Gasteiger partial charge in [0.05, 0.1) is 28.8 Å². The minimum atomic E-state index is -3.63. The summed E-state index contributed by atoms with van der Waals surface area (Å²) >= 11 is 0. The van der Waals surface area contributed by atoms with Crippen molar-refractivity contribution in [3.63, 3.8) is 0 Å². The van der Waals surface area contributed by atoms with Crippen LogP contribution in [-0.2, 0) is 21.2 Å². The van der Waals surface area contributed by atoms with Crippen LogP contribution < -0.4 is 10.6 Å². The van der Waals surface area contributed by atoms with Gasteiger partial charge < -0.3 is 10.6 Å². The molecule has 8 nitrogen and oxygen atoms in total. The van der Waals surface area contributed by atoms with Crippen LogP contribution in [0.25, 0.3) is 0 Å². The van der Waals surface area contributed by atoms with Gasteiger partial charge in [-0.15, -0.1) is 0 Å². The van der Waals surface area contributed by atoms with Crippen molar-refractivity contribution in [1.82, 2.24) is 10.2 Å². The second-order valence-electron chi connectivity index (χ2n) is 6.88. The number of nitrogens with zero attached hydrogens (tertiary/aromatic N) is 1. The van der Waals surface area contributed by atoms with Gasteiger partial charge in [-0.25, -0.2) is 13.2 Å². The molecule has 4 amide bonds. The lowest BCUT2D eigenvalue weighted by atomic mass is 10.1. The van der Waals surface area contributed by atoms with E-state index in [1.54, 1.807) is 50.2 Å². The third-order valence-electron chi connectivity index (χ3n) is 4.52. The van der Waals surface area contributed by atoms with Gasteiger partial charge in [0, 0.05) is 5.69 Å². The van der Waals surface area contributed by atoms with Crippen LogP contribution in [0.4, 0.5) is 10.5 Å². The molecule has 1 aliphatic rings. The van der Waals surface area contributed by atoms with E-state index in [1.807, 2.05) is 0 Å². The third-order valence-corrected chi connectivity index (χ3v) is 6.73. The van der Waals surface area contributed by atoms with Crippen LogP contribution in [0, 0.1) is 0 Å². The van der Waals surface area contributed by atoms with Gasteiger partial charge >= 0.3 is 6.03 Å². The fourth-order valence-corrected chi connectivity index (χ4v) is 4.14. The number of nitrogens with one attached hydrogen (secondary N) is 2. The number of imide groups is 1. The van der Waals surface area contributed by atoms with Crippen LogP contribution in [0.5, 0.6) is 0 Å². The minimum absolute atomic E-state index is 0.0250. The van der Waals surface area contributed by atoms with E-state index in [4.69, 9.17) is 0 Å². The number of sulfone groups is 1. The first-order valence-electron chi connectivity index (χ1n) is 9.01. The number of benzene rings is 2. The molecular formula is C20H21N3O5S. The van der Waals surface area contributed by atoms with Crippen LogP contribution in [0.3, 0.4) is 0 Å². The highest BCUT2D eigenvalue weighted by Crippen LogP contribution is 2.22. The first-order chi connectivity index (χ1) is 13.7. The number of carbonyl (C=O) groups is 3. The van der Waals surface area contributed by atoms with Crippen molar-refractivity contribution >= 4 is 33.4 Å². The molecule has 0 aliphatic carbocycles. The predicted octanol–water partition coefficient (Wildman–Crippen LogP) is 2.17. The van der Waals surface area contributed by atoms with Crippen molar-refractivity contribution in [2.45, 2.75) is 30.5 Å². The Hall–Kier alpha value is -3.20. The van der Waals surface area contributed by atoms with Gasteiger partial charge in [0.15, 0.2) is 9.84 Å². The second kappa shape index (κ2) is 8.04. The van der Waals surface area contributed by atoms with E-state index >= 15 is 0 Å². The number of anilines is 1. The number of urea groups is 1. The molecule has 1 fully saturated rings. The maximum absolute atomic E-state index is 12.8. The molecule has 1 heterocycles. The van der Waals surface area contributed by atoms with Crippen molar-refractivity contribution in [2.24, 2.45) is 0 Å². The van der Waals surface area contributed by atoms with E-state index in [9.17, 15) is 22.8 Å². The normalized spacial score (nSPS) is 14.2. The van der Waals surface area contributed by atoms with E-state index in [0.29, 0.717) is 11.3 Å². The molecule has 29 heavy (non-hydrogen) atoms. The quantitative estimate of drug-likeness (QED) is 0.702. The first kappa shape index (κ1) is 20.5. The maximum Gasteiger partial charge on any atom is 0.324 e. The number of hydrogen-bond acceptors (Lipinski definition) is 5. The molecule has 2 aromatic rings. The maximum atomic E-state index is 12.8. The third kappa shape index (κ3) is 4.29. The number of amides is 4. The van der Waals surface area contributed by atoms with Gasteiger partial charge in [0.1, 0.15) is 0 Å². The molecule has 0 spiro atoms. The number of rotatable bonds is 6. The lowest BCUT2D eigenvalue weighted by molar-refractivity contribution is -0.125. The Labute approximate surface area is 168 Å². The zero-order valence-electron chi connectivity index (χ0n) is 16.0. The summed E-state index contributed by atoms with van der Waals surface area (Å²) in [5, 5.41) is 4.48. The Morgan fingerprint density at radius 2 is 1.86 bits per heavy atom. The summed E-state index contributed by atoms with van der Waals surface area (Å²) in [6.07, 6.45) is 0. The molecule has 3 rings (SSSR count). The van der Waals surface area contributed by atoms with Crippen LogP contribution in [0.1, 0.15) is 29.8 Å². The van der Waals surface area contributed by atoms with Crippen molar-refractivity contribution in [3.8, 4) is 0 Å². The van der Waals surface area contributed by atoms with E-state index in [2.05, 4.69) is 10.6 Å². The highest BCUT2D eigenvalue weighted by molar-refractivity contribution is 7.92. The summed E-state index contributed by atoms with van der Waals surface area (Å²) in [6.45, 7) is 3.16. The number of hydrogen-bond donors (Lipinski definition) is 2. The zero-order valence-corrected chi connectivity index (χ0v) is 16.8. The minimum Gasteiger partial charge on any atom is -0.329 e. The summed E-state index contributed by atoms with van der Waals surface area (Å²) in [6, 6.07) is 12.3. The van der Waals surface area contributed by atoms with Gasteiger partial charge in [0.2, 0.25) is 5.91 Å². The summed E-state index contributed by atoms with van der Waals surface area (Å²) in [7, 11) is -3.63. The average Bonchev–Trinajstić information content (AvgIpc) is 3.00. The van der Waals surface area contributed by atoms with Crippen LogP contribution >= 0.6 is 0 Å². The molecule has 2 N–H and O–H groups in total. The van der Waals surface area contributed by atoms with Crippen molar-refractivity contribution in [2.75, 3.05) is 11.9 Å². The van der Waals surface area contributed by atoms with E-state index in [-0.39, 0.29) is 29.5 Å². The summed E-state index contributed by atoms with van der Waals surface area (Å²) in [5.74, 6) is -0.880. The Bertz CT molecular complexity index is 1060. The van der Waals surface area contributed by atoms with Crippen LogP contribution in [0.15, 0.2) is 53.4 Å². The zero-order chi connectivity index (χ0) is 21.2. The number of carbonyl (C=O) groups excluding carboxylic acids is 3. The molecule has 0 saturated carbocycles. The average molecular weight is 415 g/mol. The van der Waals surface area contributed by atoms with Gasteiger partial charge in [-0.05, 0) is 43.7 Å². The predicted molar refractivity (Wildman–Crippen MR) is 107 cm³/mol. The molecule has 1 saturated heterocycles. The highest BCUT2D eigenvalue weighted by Gasteiger charge is 2.28. The monoisotopic (exact) mass is 415 g/mol. The van der Waals surface area contributed by atoms with Gasteiger partial charge in [-0.1, -0.05) is 24.3 Å². The summed E-state index contributed by atoms with van der Waals surface area (Å²) in [5.41, 5.74) is 1.13. The second-order valence-corrected chi connectivity index (χ2v) is 9.36. The van der Waals surface area contributed by atoms with Gasteiger partial charge in [0.25, 0.3) is 5.91 Å². The molecular weight excluding hydrogens is 394 g/mol. The van der Waals surface area contributed by atoms with Gasteiger partial charge in [-0.3, -0.25) is 14.5 Å². The van der Waals surface area contributed by atoms with E-state index < -0.39 is 27.0 Å². The fraction of sp³-hybridized carbons (Fsp3) is 0.250. The lowest BCUT2D eigenvalue weighted by Gasteiger charge is -2.15. The molecule has 1 aliphatic heterocycles.